The first-order valence-corrected chi connectivity index (χ1v) is 13.2. The molecule has 1 saturated carbocycles. The van der Waals surface area contributed by atoms with E-state index in [1.807, 2.05) is 0 Å². The van der Waals surface area contributed by atoms with E-state index >= 15 is 0 Å². The van der Waals surface area contributed by atoms with Gasteiger partial charge in [-0.2, -0.15) is 0 Å². The molecule has 0 spiro atoms. The fraction of sp³-hybridized carbons (Fsp3) is 0.483. The summed E-state index contributed by atoms with van der Waals surface area (Å²) in [6, 6.07) is 16.0. The average molecular weight is 476 g/mol. The van der Waals surface area contributed by atoms with Crippen LogP contribution < -0.4 is 4.74 Å². The van der Waals surface area contributed by atoms with Crippen molar-refractivity contribution >= 4 is 16.8 Å². The number of carbonyl (C=O) groups excluding carboxylic acids is 1. The van der Waals surface area contributed by atoms with Gasteiger partial charge in [-0.15, -0.1) is 0 Å². The zero-order chi connectivity index (χ0) is 23.8. The summed E-state index contributed by atoms with van der Waals surface area (Å²) in [6.45, 7) is 3.59. The van der Waals surface area contributed by atoms with Crippen molar-refractivity contribution in [2.45, 2.75) is 63.1 Å². The van der Waals surface area contributed by atoms with Gasteiger partial charge in [-0.3, -0.25) is 4.79 Å². The summed E-state index contributed by atoms with van der Waals surface area (Å²) in [7, 11) is 0. The number of hydrogen-bond donors (Lipinski definition) is 0. The number of rotatable bonds is 5. The Morgan fingerprint density at radius 1 is 0.857 bits per heavy atom. The van der Waals surface area contributed by atoms with Crippen LogP contribution in [0.4, 0.5) is 4.39 Å². The highest BCUT2D eigenvalue weighted by Crippen LogP contribution is 2.32. The lowest BCUT2D eigenvalue weighted by atomic mass is 9.90. The molecular formula is C29H34FN3O2. The summed E-state index contributed by atoms with van der Waals surface area (Å²) >= 11 is 0. The smallest absolute Gasteiger partial charge is 0.256 e. The minimum atomic E-state index is -0.446. The first kappa shape index (κ1) is 22.6. The third-order valence-corrected chi connectivity index (χ3v) is 8.31. The number of benzene rings is 2. The predicted molar refractivity (Wildman–Crippen MR) is 135 cm³/mol. The quantitative estimate of drug-likeness (QED) is 0.478. The molecule has 0 unspecified atom stereocenters. The van der Waals surface area contributed by atoms with Crippen LogP contribution in [0.2, 0.25) is 0 Å². The second-order valence-corrected chi connectivity index (χ2v) is 10.4. The van der Waals surface area contributed by atoms with Crippen molar-refractivity contribution in [3.05, 3.63) is 66.1 Å². The molecule has 6 heteroatoms. The van der Waals surface area contributed by atoms with Gasteiger partial charge in [0.05, 0.1) is 5.56 Å². The number of ether oxygens (including phenoxy) is 1. The minimum Gasteiger partial charge on any atom is -0.490 e. The molecule has 1 aromatic heterocycles. The summed E-state index contributed by atoms with van der Waals surface area (Å²) in [5.41, 5.74) is 1.37. The molecule has 2 aromatic carbocycles. The predicted octanol–water partition coefficient (Wildman–Crippen LogP) is 5.65. The fourth-order valence-electron chi connectivity index (χ4n) is 5.99. The Morgan fingerprint density at radius 3 is 2.34 bits per heavy atom. The third-order valence-electron chi connectivity index (χ3n) is 8.31. The van der Waals surface area contributed by atoms with Crippen LogP contribution in [0.5, 0.6) is 5.75 Å². The lowest BCUT2D eigenvalue weighted by Gasteiger charge is -2.41. The second kappa shape index (κ2) is 9.65. The Bertz CT molecular complexity index is 1190. The fourth-order valence-corrected chi connectivity index (χ4v) is 5.99. The summed E-state index contributed by atoms with van der Waals surface area (Å²) < 4.78 is 22.8. The molecule has 0 N–H and O–H groups in total. The van der Waals surface area contributed by atoms with E-state index in [4.69, 9.17) is 4.74 Å². The second-order valence-electron chi connectivity index (χ2n) is 10.4. The molecule has 2 saturated heterocycles. The van der Waals surface area contributed by atoms with Crippen molar-refractivity contribution in [2.75, 3.05) is 26.2 Å². The van der Waals surface area contributed by atoms with Gasteiger partial charge in [-0.05, 0) is 74.9 Å². The van der Waals surface area contributed by atoms with E-state index in [0.717, 1.165) is 50.6 Å². The van der Waals surface area contributed by atoms with E-state index < -0.39 is 5.82 Å². The van der Waals surface area contributed by atoms with Gasteiger partial charge in [0.1, 0.15) is 17.7 Å². The maximum atomic E-state index is 14.1. The van der Waals surface area contributed by atoms with Gasteiger partial charge in [-0.25, -0.2) is 4.39 Å². The zero-order valence-corrected chi connectivity index (χ0v) is 20.2. The summed E-state index contributed by atoms with van der Waals surface area (Å²) in [4.78, 5) is 17.2. The molecule has 3 aromatic rings. The molecule has 0 radical (unpaired) electrons. The topological polar surface area (TPSA) is 37.7 Å². The van der Waals surface area contributed by atoms with Crippen molar-refractivity contribution in [3.8, 4) is 5.75 Å². The number of likely N-dealkylation sites (tertiary alicyclic amines) is 2. The van der Waals surface area contributed by atoms with E-state index in [2.05, 4.69) is 39.9 Å². The van der Waals surface area contributed by atoms with Crippen LogP contribution in [0.1, 0.15) is 61.3 Å². The largest absolute Gasteiger partial charge is 0.490 e. The number of amides is 1. The van der Waals surface area contributed by atoms with E-state index in [1.165, 1.54) is 36.2 Å². The molecular weight excluding hydrogens is 441 g/mol. The lowest BCUT2D eigenvalue weighted by molar-refractivity contribution is 0.0494. The molecule has 5 nitrogen and oxygen atoms in total. The lowest BCUT2D eigenvalue weighted by Crippen LogP contribution is -2.46. The van der Waals surface area contributed by atoms with E-state index in [0.29, 0.717) is 25.2 Å². The van der Waals surface area contributed by atoms with Crippen molar-refractivity contribution in [3.63, 3.8) is 0 Å². The zero-order valence-electron chi connectivity index (χ0n) is 20.2. The molecule has 0 atom stereocenters. The maximum Gasteiger partial charge on any atom is 0.256 e. The molecule has 3 fully saturated rings. The highest BCUT2D eigenvalue weighted by atomic mass is 19.1. The van der Waals surface area contributed by atoms with Crippen LogP contribution in [0.25, 0.3) is 10.9 Å². The summed E-state index contributed by atoms with van der Waals surface area (Å²) in [5.74, 6) is 0.305. The van der Waals surface area contributed by atoms with E-state index in [1.54, 1.807) is 23.1 Å². The molecule has 6 rings (SSSR count). The van der Waals surface area contributed by atoms with Crippen LogP contribution in [0.3, 0.4) is 0 Å². The van der Waals surface area contributed by atoms with Gasteiger partial charge in [0, 0.05) is 55.4 Å². The highest BCUT2D eigenvalue weighted by Gasteiger charge is 2.30. The monoisotopic (exact) mass is 475 g/mol. The van der Waals surface area contributed by atoms with Crippen molar-refractivity contribution in [2.24, 2.45) is 0 Å². The molecule has 1 amide bonds. The molecule has 0 bridgehead atoms. The van der Waals surface area contributed by atoms with Gasteiger partial charge >= 0.3 is 0 Å². The molecule has 3 heterocycles. The van der Waals surface area contributed by atoms with Gasteiger partial charge in [0.25, 0.3) is 5.91 Å². The van der Waals surface area contributed by atoms with Crippen molar-refractivity contribution < 1.29 is 13.9 Å². The molecule has 2 aliphatic heterocycles. The van der Waals surface area contributed by atoms with E-state index in [-0.39, 0.29) is 11.5 Å². The van der Waals surface area contributed by atoms with Crippen LogP contribution >= 0.6 is 0 Å². The van der Waals surface area contributed by atoms with Crippen molar-refractivity contribution in [1.82, 2.24) is 14.4 Å². The van der Waals surface area contributed by atoms with Gasteiger partial charge in [0.2, 0.25) is 0 Å². The van der Waals surface area contributed by atoms with Gasteiger partial charge in [0.15, 0.2) is 0 Å². The normalized spacial score (nSPS) is 20.8. The number of aromatic nitrogens is 1. The van der Waals surface area contributed by atoms with Crippen LogP contribution in [0, 0.1) is 5.82 Å². The van der Waals surface area contributed by atoms with Gasteiger partial charge < -0.3 is 19.1 Å². The number of piperidine rings is 2. The summed E-state index contributed by atoms with van der Waals surface area (Å²) in [6.07, 6.45) is 10.6. The Balaban J connectivity index is 1.07. The first-order chi connectivity index (χ1) is 17.2. The van der Waals surface area contributed by atoms with Gasteiger partial charge in [-0.1, -0.05) is 18.6 Å². The molecule has 35 heavy (non-hydrogen) atoms. The first-order valence-electron chi connectivity index (χ1n) is 13.2. The maximum absolute atomic E-state index is 14.1. The number of halogens is 1. The molecule has 1 aliphatic carbocycles. The third kappa shape index (κ3) is 4.56. The highest BCUT2D eigenvalue weighted by molar-refractivity contribution is 5.94. The Hall–Kier alpha value is -2.86. The average Bonchev–Trinajstić information content (AvgIpc) is 3.27. The summed E-state index contributed by atoms with van der Waals surface area (Å²) in [5, 5.41) is 1.19. The number of hydrogen-bond acceptors (Lipinski definition) is 3. The molecule has 184 valence electrons. The number of carbonyl (C=O) groups is 1. The van der Waals surface area contributed by atoms with E-state index in [9.17, 15) is 9.18 Å². The SMILES string of the molecule is O=C(c1ccccc1F)N1CCC(n2ccc3cc(OC4CCN(C5CCC5)CC4)ccc32)CC1. The molecule has 3 aliphatic rings. The Kier molecular flexibility index (Phi) is 6.23. The van der Waals surface area contributed by atoms with Crippen molar-refractivity contribution in [1.29, 1.82) is 0 Å². The van der Waals surface area contributed by atoms with Crippen LogP contribution in [0.15, 0.2) is 54.7 Å². The Labute approximate surface area is 206 Å². The van der Waals surface area contributed by atoms with Crippen LogP contribution in [-0.2, 0) is 0 Å². The Morgan fingerprint density at radius 2 is 1.63 bits per heavy atom. The number of nitrogens with zero attached hydrogens (tertiary/aromatic N) is 3. The standard InChI is InChI=1S/C29H34FN3O2/c30-27-7-2-1-6-26(27)29(34)32-15-11-23(12-16-32)33-19-10-21-20-25(8-9-28(21)33)35-24-13-17-31(18-14-24)22-4-3-5-22/h1-2,6-10,19-20,22-24H,3-5,11-18H2. The minimum absolute atomic E-state index is 0.165. The number of fused-ring (bicyclic) bond motifs is 1. The van der Waals surface area contributed by atoms with Crippen LogP contribution in [-0.4, -0.2) is 58.6 Å².